The number of likely N-dealkylation sites (N-methyl/N-ethyl adjacent to an activating group) is 1. The number of hydrogen-bond acceptors (Lipinski definition) is 5. The van der Waals surface area contributed by atoms with Gasteiger partial charge in [0.25, 0.3) is 0 Å². The van der Waals surface area contributed by atoms with Crippen molar-refractivity contribution < 1.29 is 37.3 Å². The summed E-state index contributed by atoms with van der Waals surface area (Å²) >= 11 is 6.08. The highest BCUT2D eigenvalue weighted by molar-refractivity contribution is 6.30. The van der Waals surface area contributed by atoms with E-state index in [-0.39, 0.29) is 34.9 Å². The second-order valence-corrected chi connectivity index (χ2v) is 12.0. The van der Waals surface area contributed by atoms with Gasteiger partial charge in [-0.3, -0.25) is 9.69 Å². The maximum absolute atomic E-state index is 15.3. The molecule has 0 bridgehead atoms. The lowest BCUT2D eigenvalue weighted by atomic mass is 9.83. The highest BCUT2D eigenvalue weighted by Gasteiger charge is 2.40. The number of carbonyl (C=O) groups excluding carboxylic acids is 1. The third-order valence-electron chi connectivity index (χ3n) is 8.51. The van der Waals surface area contributed by atoms with Crippen LogP contribution < -0.4 is 10.6 Å². The van der Waals surface area contributed by atoms with Gasteiger partial charge >= 0.3 is 6.09 Å². The molecular formula is C33H35ClF3N3O5. The molecule has 2 aliphatic rings. The number of hydrogen-bond donors (Lipinski definition) is 3. The van der Waals surface area contributed by atoms with E-state index in [1.807, 2.05) is 0 Å². The molecule has 5 rings (SSSR count). The number of rotatable bonds is 9. The Morgan fingerprint density at radius 2 is 1.76 bits per heavy atom. The van der Waals surface area contributed by atoms with Gasteiger partial charge in [0.05, 0.1) is 11.7 Å². The van der Waals surface area contributed by atoms with Crippen molar-refractivity contribution in [1.29, 1.82) is 0 Å². The summed E-state index contributed by atoms with van der Waals surface area (Å²) < 4.78 is 56.1. The first-order valence-corrected chi connectivity index (χ1v) is 15.1. The predicted octanol–water partition coefficient (Wildman–Crippen LogP) is 5.98. The van der Waals surface area contributed by atoms with Crippen LogP contribution in [0.3, 0.4) is 0 Å². The van der Waals surface area contributed by atoms with E-state index in [4.69, 9.17) is 21.1 Å². The Kier molecular flexibility index (Phi) is 10.3. The third kappa shape index (κ3) is 7.78. The maximum atomic E-state index is 15.3. The van der Waals surface area contributed by atoms with Gasteiger partial charge in [0.15, 0.2) is 0 Å². The van der Waals surface area contributed by atoms with Crippen molar-refractivity contribution in [3.63, 3.8) is 0 Å². The molecule has 3 atom stereocenters. The molecule has 2 heterocycles. The van der Waals surface area contributed by atoms with Crippen molar-refractivity contribution in [3.8, 4) is 0 Å². The Bertz CT molecular complexity index is 1490. The molecule has 8 nitrogen and oxygen atoms in total. The van der Waals surface area contributed by atoms with Crippen LogP contribution in [0.5, 0.6) is 0 Å². The molecule has 2 aliphatic heterocycles. The van der Waals surface area contributed by atoms with Gasteiger partial charge in [-0.2, -0.15) is 0 Å². The Morgan fingerprint density at radius 3 is 2.42 bits per heavy atom. The van der Waals surface area contributed by atoms with E-state index < -0.39 is 41.4 Å². The highest BCUT2D eigenvalue weighted by atomic mass is 35.5. The number of carboxylic acid groups (broad SMARTS) is 1. The van der Waals surface area contributed by atoms with E-state index in [0.29, 0.717) is 42.8 Å². The molecular weight excluding hydrogens is 611 g/mol. The zero-order chi connectivity index (χ0) is 32.1. The molecule has 0 unspecified atom stereocenters. The first kappa shape index (κ1) is 32.7. The van der Waals surface area contributed by atoms with Crippen LogP contribution in [0, 0.1) is 17.5 Å². The Hall–Kier alpha value is -3.64. The molecule has 0 aliphatic carbocycles. The highest BCUT2D eigenvalue weighted by Crippen LogP contribution is 2.35. The smallest absolute Gasteiger partial charge is 0.407 e. The van der Waals surface area contributed by atoms with Gasteiger partial charge in [0.2, 0.25) is 5.91 Å². The normalized spacial score (nSPS) is 19.1. The third-order valence-corrected chi connectivity index (χ3v) is 8.76. The van der Waals surface area contributed by atoms with Crippen LogP contribution in [-0.4, -0.2) is 73.1 Å². The predicted molar refractivity (Wildman–Crippen MR) is 163 cm³/mol. The zero-order valence-corrected chi connectivity index (χ0v) is 25.5. The van der Waals surface area contributed by atoms with E-state index in [9.17, 15) is 23.5 Å². The van der Waals surface area contributed by atoms with Gasteiger partial charge in [0.1, 0.15) is 23.5 Å². The van der Waals surface area contributed by atoms with Gasteiger partial charge in [-0.15, -0.1) is 0 Å². The zero-order valence-electron chi connectivity index (χ0n) is 24.7. The number of halogens is 4. The summed E-state index contributed by atoms with van der Waals surface area (Å²) in [6.07, 6.45) is 0.585. The topological polar surface area (TPSA) is 100 Å². The monoisotopic (exact) mass is 645 g/mol. The molecule has 2 fully saturated rings. The maximum Gasteiger partial charge on any atom is 0.407 e. The number of benzene rings is 3. The fourth-order valence-corrected chi connectivity index (χ4v) is 6.32. The van der Waals surface area contributed by atoms with Crippen molar-refractivity contribution >= 4 is 29.3 Å². The SMILES string of the molecule is CN(C(=O)O)[C@H](C(=O)Nc1cccc(F)c1CC[C@@H]1CNCC2(CCOCC2)O1)[C@@H](c1ccc(Cl)cc1)c1cc(F)cc(F)c1. The summed E-state index contributed by atoms with van der Waals surface area (Å²) in [4.78, 5) is 27.1. The average Bonchev–Trinajstić information content (AvgIpc) is 2.99. The van der Waals surface area contributed by atoms with E-state index in [1.165, 1.54) is 37.4 Å². The van der Waals surface area contributed by atoms with Gasteiger partial charge in [0, 0.05) is 74.5 Å². The van der Waals surface area contributed by atoms with E-state index >= 15 is 4.39 Å². The van der Waals surface area contributed by atoms with Crippen molar-refractivity contribution in [2.24, 2.45) is 0 Å². The first-order valence-electron chi connectivity index (χ1n) is 14.8. The molecule has 2 saturated heterocycles. The number of anilines is 1. The molecule has 2 amide bonds. The van der Waals surface area contributed by atoms with Gasteiger partial charge in [-0.05, 0) is 60.4 Å². The van der Waals surface area contributed by atoms with Gasteiger partial charge < -0.3 is 25.2 Å². The second-order valence-electron chi connectivity index (χ2n) is 11.5. The summed E-state index contributed by atoms with van der Waals surface area (Å²) in [5.41, 5.74) is 0.494. The molecule has 3 aromatic rings. The quantitative estimate of drug-likeness (QED) is 0.265. The van der Waals surface area contributed by atoms with E-state index in [0.717, 1.165) is 36.4 Å². The number of morpholine rings is 1. The fraction of sp³-hybridized carbons (Fsp3) is 0.394. The van der Waals surface area contributed by atoms with Crippen LogP contribution in [-0.2, 0) is 20.7 Å². The summed E-state index contributed by atoms with van der Waals surface area (Å²) in [5.74, 6) is -4.29. The molecule has 45 heavy (non-hydrogen) atoms. The van der Waals surface area contributed by atoms with Gasteiger partial charge in [-0.25, -0.2) is 18.0 Å². The lowest BCUT2D eigenvalue weighted by Crippen LogP contribution is -2.56. The van der Waals surface area contributed by atoms with Crippen LogP contribution in [0.2, 0.25) is 5.02 Å². The molecule has 1 spiro atoms. The summed E-state index contributed by atoms with van der Waals surface area (Å²) in [5, 5.41) is 16.5. The number of nitrogens with zero attached hydrogens (tertiary/aromatic N) is 1. The lowest BCUT2D eigenvalue weighted by molar-refractivity contribution is -0.160. The number of carbonyl (C=O) groups is 2. The number of ether oxygens (including phenoxy) is 2. The van der Waals surface area contributed by atoms with Crippen LogP contribution in [0.15, 0.2) is 60.7 Å². The van der Waals surface area contributed by atoms with E-state index in [2.05, 4.69) is 10.6 Å². The number of amides is 2. The van der Waals surface area contributed by atoms with Gasteiger partial charge in [-0.1, -0.05) is 29.8 Å². The molecule has 3 aromatic carbocycles. The van der Waals surface area contributed by atoms with Crippen LogP contribution in [0.1, 0.15) is 41.9 Å². The fourth-order valence-electron chi connectivity index (χ4n) is 6.19. The summed E-state index contributed by atoms with van der Waals surface area (Å²) in [7, 11) is 1.19. The summed E-state index contributed by atoms with van der Waals surface area (Å²) in [6, 6.07) is 11.7. The minimum absolute atomic E-state index is 0.0338. The number of nitrogens with one attached hydrogen (secondary N) is 2. The van der Waals surface area contributed by atoms with Crippen LogP contribution in [0.4, 0.5) is 23.7 Å². The lowest BCUT2D eigenvalue weighted by Gasteiger charge is -2.44. The first-order chi connectivity index (χ1) is 21.5. The Balaban J connectivity index is 1.44. The molecule has 0 aromatic heterocycles. The molecule has 240 valence electrons. The molecule has 3 N–H and O–H groups in total. The van der Waals surface area contributed by atoms with Crippen molar-refractivity contribution in [2.45, 2.75) is 49.3 Å². The van der Waals surface area contributed by atoms with Crippen molar-refractivity contribution in [3.05, 3.63) is 99.8 Å². The van der Waals surface area contributed by atoms with Crippen molar-refractivity contribution in [1.82, 2.24) is 10.2 Å². The van der Waals surface area contributed by atoms with Crippen LogP contribution in [0.25, 0.3) is 0 Å². The molecule has 0 radical (unpaired) electrons. The average molecular weight is 646 g/mol. The minimum Gasteiger partial charge on any atom is -0.465 e. The van der Waals surface area contributed by atoms with Crippen LogP contribution >= 0.6 is 11.6 Å². The standard InChI is InChI=1S/C33H35ClF3N3O5/c1-40(32(42)43)30(29(20-5-7-22(34)8-6-20)21-15-23(35)17-24(36)16-21)31(41)39-28-4-2-3-27(37)26(28)10-9-25-18-38-19-33(45-25)11-13-44-14-12-33/h2-8,15-17,25,29-30,38H,9-14,18-19H2,1H3,(H,39,41)(H,42,43)/t25-,29+,30+/m1/s1. The molecule has 12 heteroatoms. The Morgan fingerprint density at radius 1 is 1.07 bits per heavy atom. The second kappa shape index (κ2) is 14.2. The Labute approximate surface area is 264 Å². The minimum atomic E-state index is -1.51. The largest absolute Gasteiger partial charge is 0.465 e. The van der Waals surface area contributed by atoms with E-state index in [1.54, 1.807) is 12.1 Å². The van der Waals surface area contributed by atoms with Crippen molar-refractivity contribution in [2.75, 3.05) is 38.7 Å². The summed E-state index contributed by atoms with van der Waals surface area (Å²) in [6.45, 7) is 2.54. The molecule has 0 saturated carbocycles.